The molecular weight excluding hydrogens is 200 g/mol. The van der Waals surface area contributed by atoms with Crippen molar-refractivity contribution in [1.82, 2.24) is 20.5 Å². The van der Waals surface area contributed by atoms with Crippen molar-refractivity contribution >= 4 is 0 Å². The maximum Gasteiger partial charge on any atom is 0.0925 e. The minimum Gasteiger partial charge on any atom is -0.308 e. The van der Waals surface area contributed by atoms with Crippen LogP contribution in [0.1, 0.15) is 18.5 Å². The summed E-state index contributed by atoms with van der Waals surface area (Å²) in [5.74, 6) is 0. The van der Waals surface area contributed by atoms with Crippen molar-refractivity contribution in [2.75, 3.05) is 0 Å². The third-order valence-electron chi connectivity index (χ3n) is 2.77. The van der Waals surface area contributed by atoms with E-state index in [0.29, 0.717) is 0 Å². The summed E-state index contributed by atoms with van der Waals surface area (Å²) in [6.07, 6.45) is 6.19. The number of pyridine rings is 1. The van der Waals surface area contributed by atoms with Crippen molar-refractivity contribution in [1.29, 1.82) is 0 Å². The van der Waals surface area contributed by atoms with Crippen LogP contribution in [-0.2, 0) is 6.54 Å². The minimum absolute atomic E-state index is 0.729. The first-order valence-corrected chi connectivity index (χ1v) is 5.60. The highest BCUT2D eigenvalue weighted by molar-refractivity contribution is 5.58. The zero-order chi connectivity index (χ0) is 10.8. The predicted octanol–water partition coefficient (Wildman–Crippen LogP) is 1.72. The lowest BCUT2D eigenvalue weighted by Gasteiger charge is -1.97. The Balaban J connectivity index is 1.71. The average molecular weight is 214 g/mol. The van der Waals surface area contributed by atoms with Crippen molar-refractivity contribution < 1.29 is 0 Å². The summed E-state index contributed by atoms with van der Waals surface area (Å²) in [7, 11) is 0. The molecule has 1 saturated carbocycles. The Kier molecular flexibility index (Phi) is 2.42. The first kappa shape index (κ1) is 9.54. The number of aromatic amines is 1. The van der Waals surface area contributed by atoms with E-state index in [1.165, 1.54) is 12.8 Å². The third-order valence-corrected chi connectivity index (χ3v) is 2.77. The Bertz CT molecular complexity index is 459. The van der Waals surface area contributed by atoms with Crippen LogP contribution in [0.25, 0.3) is 11.3 Å². The number of H-pyrrole nitrogens is 1. The molecule has 0 spiro atoms. The predicted molar refractivity (Wildman–Crippen MR) is 61.7 cm³/mol. The fraction of sp³-hybridized carbons (Fsp3) is 0.333. The Morgan fingerprint density at radius 1 is 1.31 bits per heavy atom. The molecule has 1 fully saturated rings. The second kappa shape index (κ2) is 4.06. The van der Waals surface area contributed by atoms with E-state index in [9.17, 15) is 0 Å². The largest absolute Gasteiger partial charge is 0.308 e. The summed E-state index contributed by atoms with van der Waals surface area (Å²) in [6, 6.07) is 6.75. The second-order valence-corrected chi connectivity index (χ2v) is 4.17. The van der Waals surface area contributed by atoms with Crippen LogP contribution in [0.2, 0.25) is 0 Å². The lowest BCUT2D eigenvalue weighted by Crippen LogP contribution is -2.15. The van der Waals surface area contributed by atoms with Gasteiger partial charge in [0.05, 0.1) is 5.69 Å². The van der Waals surface area contributed by atoms with Gasteiger partial charge in [-0.25, -0.2) is 0 Å². The molecule has 3 rings (SSSR count). The maximum absolute atomic E-state index is 4.29. The SMILES string of the molecule is c1cc(-c2cc(CNC3CC3)[nH]n2)ccn1. The van der Waals surface area contributed by atoms with Crippen LogP contribution in [0.5, 0.6) is 0 Å². The summed E-state index contributed by atoms with van der Waals surface area (Å²) in [6.45, 7) is 0.878. The van der Waals surface area contributed by atoms with Crippen molar-refractivity contribution in [2.45, 2.75) is 25.4 Å². The molecule has 1 aliphatic carbocycles. The Labute approximate surface area is 94.1 Å². The van der Waals surface area contributed by atoms with Crippen LogP contribution in [0, 0.1) is 0 Å². The van der Waals surface area contributed by atoms with Crippen LogP contribution in [0.4, 0.5) is 0 Å². The second-order valence-electron chi connectivity index (χ2n) is 4.17. The number of hydrogen-bond donors (Lipinski definition) is 2. The summed E-state index contributed by atoms with van der Waals surface area (Å²) in [5.41, 5.74) is 3.22. The zero-order valence-corrected chi connectivity index (χ0v) is 8.98. The number of rotatable bonds is 4. The molecule has 0 radical (unpaired) electrons. The molecule has 0 aromatic carbocycles. The van der Waals surface area contributed by atoms with Crippen LogP contribution in [0.3, 0.4) is 0 Å². The normalized spacial score (nSPS) is 15.2. The Morgan fingerprint density at radius 2 is 2.12 bits per heavy atom. The van der Waals surface area contributed by atoms with E-state index in [1.807, 2.05) is 12.1 Å². The molecule has 4 nitrogen and oxygen atoms in total. The molecule has 0 amide bonds. The highest BCUT2D eigenvalue weighted by Crippen LogP contribution is 2.20. The van der Waals surface area contributed by atoms with Crippen molar-refractivity contribution in [3.05, 3.63) is 36.3 Å². The van der Waals surface area contributed by atoms with Gasteiger partial charge in [-0.05, 0) is 31.0 Å². The van der Waals surface area contributed by atoms with Gasteiger partial charge in [-0.1, -0.05) is 0 Å². The Hall–Kier alpha value is -1.68. The number of nitrogens with zero attached hydrogens (tertiary/aromatic N) is 2. The van der Waals surface area contributed by atoms with Gasteiger partial charge in [-0.15, -0.1) is 0 Å². The molecule has 2 N–H and O–H groups in total. The van der Waals surface area contributed by atoms with Gasteiger partial charge >= 0.3 is 0 Å². The van der Waals surface area contributed by atoms with Crippen molar-refractivity contribution in [2.24, 2.45) is 0 Å². The monoisotopic (exact) mass is 214 g/mol. The van der Waals surface area contributed by atoms with Crippen LogP contribution in [0.15, 0.2) is 30.6 Å². The summed E-state index contributed by atoms with van der Waals surface area (Å²) in [5, 5.41) is 10.8. The zero-order valence-electron chi connectivity index (χ0n) is 8.98. The molecule has 2 aromatic heterocycles. The van der Waals surface area contributed by atoms with Gasteiger partial charge in [-0.3, -0.25) is 10.1 Å². The fourth-order valence-corrected chi connectivity index (χ4v) is 1.66. The smallest absolute Gasteiger partial charge is 0.0925 e. The summed E-state index contributed by atoms with van der Waals surface area (Å²) < 4.78 is 0. The maximum atomic E-state index is 4.29. The highest BCUT2D eigenvalue weighted by Gasteiger charge is 2.20. The van der Waals surface area contributed by atoms with Gasteiger partial charge in [0.2, 0.25) is 0 Å². The van der Waals surface area contributed by atoms with E-state index in [4.69, 9.17) is 0 Å². The molecule has 0 saturated heterocycles. The summed E-state index contributed by atoms with van der Waals surface area (Å²) >= 11 is 0. The molecular formula is C12H14N4. The lowest BCUT2D eigenvalue weighted by atomic mass is 10.2. The molecule has 82 valence electrons. The lowest BCUT2D eigenvalue weighted by molar-refractivity contribution is 0.672. The Morgan fingerprint density at radius 3 is 2.88 bits per heavy atom. The quantitative estimate of drug-likeness (QED) is 0.814. The number of nitrogens with one attached hydrogen (secondary N) is 2. The van der Waals surface area contributed by atoms with Crippen molar-refractivity contribution in [3.8, 4) is 11.3 Å². The van der Waals surface area contributed by atoms with Crippen molar-refractivity contribution in [3.63, 3.8) is 0 Å². The molecule has 2 aromatic rings. The van der Waals surface area contributed by atoms with E-state index in [0.717, 1.165) is 29.5 Å². The number of hydrogen-bond acceptors (Lipinski definition) is 3. The van der Waals surface area contributed by atoms with E-state index < -0.39 is 0 Å². The molecule has 2 heterocycles. The highest BCUT2D eigenvalue weighted by atomic mass is 15.1. The van der Waals surface area contributed by atoms with Gasteiger partial charge in [0.25, 0.3) is 0 Å². The topological polar surface area (TPSA) is 53.6 Å². The van der Waals surface area contributed by atoms with E-state index in [-0.39, 0.29) is 0 Å². The standard InChI is InChI=1S/C12H14N4/c1-2-10(1)14-8-11-7-12(16-15-11)9-3-5-13-6-4-9/h3-7,10,14H,1-2,8H2,(H,15,16). The number of aromatic nitrogens is 3. The summed E-state index contributed by atoms with van der Waals surface area (Å²) in [4.78, 5) is 4.00. The molecule has 0 aliphatic heterocycles. The van der Waals surface area contributed by atoms with Gasteiger partial charge < -0.3 is 5.32 Å². The van der Waals surface area contributed by atoms with E-state index >= 15 is 0 Å². The molecule has 0 atom stereocenters. The van der Waals surface area contributed by atoms with Gasteiger partial charge in [0.1, 0.15) is 0 Å². The molecule has 4 heteroatoms. The average Bonchev–Trinajstić information content (AvgIpc) is 3.05. The first-order chi connectivity index (χ1) is 7.92. The minimum atomic E-state index is 0.729. The molecule has 1 aliphatic rings. The van der Waals surface area contributed by atoms with Crippen LogP contribution >= 0.6 is 0 Å². The van der Waals surface area contributed by atoms with Gasteiger partial charge in [-0.2, -0.15) is 5.10 Å². The van der Waals surface area contributed by atoms with Gasteiger partial charge in [0.15, 0.2) is 0 Å². The molecule has 16 heavy (non-hydrogen) atoms. The fourth-order valence-electron chi connectivity index (χ4n) is 1.66. The van der Waals surface area contributed by atoms with Gasteiger partial charge in [0, 0.05) is 36.2 Å². The molecule has 0 bridgehead atoms. The van der Waals surface area contributed by atoms with Crippen LogP contribution < -0.4 is 5.32 Å². The first-order valence-electron chi connectivity index (χ1n) is 5.60. The third kappa shape index (κ3) is 2.12. The van der Waals surface area contributed by atoms with E-state index in [2.05, 4.69) is 26.6 Å². The van der Waals surface area contributed by atoms with Crippen LogP contribution in [-0.4, -0.2) is 21.2 Å². The molecule has 0 unspecified atom stereocenters. The van der Waals surface area contributed by atoms with E-state index in [1.54, 1.807) is 12.4 Å².